The molecule has 1 aromatic carbocycles. The summed E-state index contributed by atoms with van der Waals surface area (Å²) in [7, 11) is -0.720. The van der Waals surface area contributed by atoms with Gasteiger partial charge in [0.15, 0.2) is 11.6 Å². The second-order valence-corrected chi connectivity index (χ2v) is 6.94. The van der Waals surface area contributed by atoms with Crippen LogP contribution in [0.4, 0.5) is 13.2 Å². The van der Waals surface area contributed by atoms with Crippen molar-refractivity contribution in [3.63, 3.8) is 0 Å². The highest BCUT2D eigenvalue weighted by Gasteiger charge is 2.51. The molecule has 0 aliphatic carbocycles. The van der Waals surface area contributed by atoms with Crippen LogP contribution < -0.4 is 10.2 Å². The molecule has 1 saturated heterocycles. The predicted molar refractivity (Wildman–Crippen MR) is 89.2 cm³/mol. The molecule has 5 nitrogen and oxygen atoms in total. The highest BCUT2D eigenvalue weighted by Crippen LogP contribution is 2.36. The summed E-state index contributed by atoms with van der Waals surface area (Å²) in [6.07, 6.45) is -1.64. The lowest BCUT2D eigenvalue weighted by molar-refractivity contribution is 0.00578. The van der Waals surface area contributed by atoms with Gasteiger partial charge in [0.05, 0.1) is 11.2 Å². The van der Waals surface area contributed by atoms with Crippen LogP contribution in [0.2, 0.25) is 0 Å². The number of halogens is 3. The Morgan fingerprint density at radius 2 is 1.73 bits per heavy atom. The number of hydrogen-bond acceptors (Lipinski definition) is 5. The molecule has 2 aromatic rings. The molecular formula is C17H18BF3N2O3. The molecule has 0 N–H and O–H groups in total. The monoisotopic (exact) mass is 366 g/mol. The van der Waals surface area contributed by atoms with Crippen molar-refractivity contribution in [1.29, 1.82) is 0 Å². The minimum absolute atomic E-state index is 0.184. The Labute approximate surface area is 149 Å². The molecule has 0 radical (unpaired) electrons. The smallest absolute Gasteiger partial charge is 0.421 e. The molecule has 1 aromatic heterocycles. The van der Waals surface area contributed by atoms with Gasteiger partial charge < -0.3 is 14.0 Å². The van der Waals surface area contributed by atoms with E-state index in [9.17, 15) is 13.2 Å². The molecule has 9 heteroatoms. The average molecular weight is 366 g/mol. The number of benzene rings is 1. The van der Waals surface area contributed by atoms with Crippen LogP contribution in [0.3, 0.4) is 0 Å². The third kappa shape index (κ3) is 3.54. The van der Waals surface area contributed by atoms with E-state index >= 15 is 0 Å². The second-order valence-electron chi connectivity index (χ2n) is 6.94. The zero-order valence-electron chi connectivity index (χ0n) is 14.8. The van der Waals surface area contributed by atoms with Crippen molar-refractivity contribution in [1.82, 2.24) is 9.97 Å². The summed E-state index contributed by atoms with van der Waals surface area (Å²) >= 11 is 0. The molecule has 0 spiro atoms. The normalized spacial score (nSPS) is 18.4. The van der Waals surface area contributed by atoms with Crippen LogP contribution in [-0.2, 0) is 9.31 Å². The molecule has 1 aliphatic rings. The van der Waals surface area contributed by atoms with E-state index in [-0.39, 0.29) is 11.8 Å². The minimum Gasteiger partial charge on any atom is -0.421 e. The Kier molecular flexibility index (Phi) is 4.70. The average Bonchev–Trinajstić information content (AvgIpc) is 2.77. The van der Waals surface area contributed by atoms with Crippen molar-refractivity contribution >= 4 is 12.6 Å². The van der Waals surface area contributed by atoms with Crippen molar-refractivity contribution < 1.29 is 27.2 Å². The number of nitrogens with zero attached hydrogens (tertiary/aromatic N) is 2. The van der Waals surface area contributed by atoms with E-state index in [0.29, 0.717) is 5.46 Å². The molecule has 2 heterocycles. The van der Waals surface area contributed by atoms with Gasteiger partial charge in [0.1, 0.15) is 5.69 Å². The summed E-state index contributed by atoms with van der Waals surface area (Å²) in [5, 5.41) is 0. The van der Waals surface area contributed by atoms with Gasteiger partial charge in [-0.05, 0) is 51.4 Å². The maximum absolute atomic E-state index is 14.4. The van der Waals surface area contributed by atoms with Crippen molar-refractivity contribution in [2.24, 2.45) is 0 Å². The number of ether oxygens (including phenoxy) is 1. The van der Waals surface area contributed by atoms with Gasteiger partial charge in [-0.3, -0.25) is 0 Å². The van der Waals surface area contributed by atoms with Crippen molar-refractivity contribution in [2.75, 3.05) is 0 Å². The van der Waals surface area contributed by atoms with Crippen LogP contribution in [0.25, 0.3) is 0 Å². The van der Waals surface area contributed by atoms with E-state index in [1.54, 1.807) is 6.07 Å². The Morgan fingerprint density at radius 3 is 2.31 bits per heavy atom. The molecule has 0 unspecified atom stereocenters. The molecule has 1 aliphatic heterocycles. The summed E-state index contributed by atoms with van der Waals surface area (Å²) in [6, 6.07) is 4.86. The molecule has 0 amide bonds. The first-order valence-corrected chi connectivity index (χ1v) is 8.03. The van der Waals surface area contributed by atoms with Crippen LogP contribution in [0, 0.1) is 5.82 Å². The van der Waals surface area contributed by atoms with Gasteiger partial charge in [-0.1, -0.05) is 6.07 Å². The predicted octanol–water partition coefficient (Wildman–Crippen LogP) is 3.64. The summed E-state index contributed by atoms with van der Waals surface area (Å²) in [4.78, 5) is 7.26. The van der Waals surface area contributed by atoms with Gasteiger partial charge >= 0.3 is 13.1 Å². The lowest BCUT2D eigenvalue weighted by Gasteiger charge is -2.32. The zero-order valence-corrected chi connectivity index (χ0v) is 14.8. The third-order valence-electron chi connectivity index (χ3n) is 4.56. The van der Waals surface area contributed by atoms with Gasteiger partial charge in [0, 0.05) is 6.20 Å². The fraction of sp³-hybridized carbons (Fsp3) is 0.412. The standard InChI is InChI=1S/C17H18BF3N2O3/c1-16(2)17(3,4)26-18(25-16)10-5-6-13(11(19)9-10)24-15-22-8-7-12(23-15)14(20)21/h5-9,14H,1-4H3. The van der Waals surface area contributed by atoms with E-state index in [1.807, 2.05) is 27.7 Å². The first kappa shape index (κ1) is 18.7. The largest absolute Gasteiger partial charge is 0.494 e. The van der Waals surface area contributed by atoms with Gasteiger partial charge in [0.25, 0.3) is 6.43 Å². The number of aromatic nitrogens is 2. The van der Waals surface area contributed by atoms with Crippen molar-refractivity contribution in [2.45, 2.75) is 45.3 Å². The fourth-order valence-corrected chi connectivity index (χ4v) is 2.35. The Morgan fingerprint density at radius 1 is 1.08 bits per heavy atom. The van der Waals surface area contributed by atoms with Gasteiger partial charge in [-0.2, -0.15) is 4.98 Å². The molecule has 1 fully saturated rings. The van der Waals surface area contributed by atoms with Gasteiger partial charge in [0.2, 0.25) is 0 Å². The highest BCUT2D eigenvalue weighted by atomic mass is 19.3. The van der Waals surface area contributed by atoms with Crippen LogP contribution in [0.5, 0.6) is 11.8 Å². The maximum atomic E-state index is 14.4. The Hall–Kier alpha value is -2.13. The molecular weight excluding hydrogens is 348 g/mol. The van der Waals surface area contributed by atoms with Crippen LogP contribution in [0.1, 0.15) is 39.8 Å². The highest BCUT2D eigenvalue weighted by molar-refractivity contribution is 6.62. The Balaban J connectivity index is 1.80. The van der Waals surface area contributed by atoms with E-state index in [2.05, 4.69) is 9.97 Å². The number of alkyl halides is 2. The summed E-state index contributed by atoms with van der Waals surface area (Å²) < 4.78 is 56.7. The van der Waals surface area contributed by atoms with Crippen molar-refractivity contribution in [3.8, 4) is 11.8 Å². The number of rotatable bonds is 4. The topological polar surface area (TPSA) is 53.5 Å². The van der Waals surface area contributed by atoms with Gasteiger partial charge in [-0.15, -0.1) is 0 Å². The second kappa shape index (κ2) is 6.55. The van der Waals surface area contributed by atoms with E-state index in [1.165, 1.54) is 12.1 Å². The lowest BCUT2D eigenvalue weighted by Crippen LogP contribution is -2.41. The van der Waals surface area contributed by atoms with Crippen molar-refractivity contribution in [3.05, 3.63) is 42.0 Å². The SMILES string of the molecule is CC1(C)OB(c2ccc(Oc3nccc(C(F)F)n3)c(F)c2)OC1(C)C. The first-order valence-electron chi connectivity index (χ1n) is 8.03. The molecule has 0 saturated carbocycles. The third-order valence-corrected chi connectivity index (χ3v) is 4.56. The van der Waals surface area contributed by atoms with Gasteiger partial charge in [-0.25, -0.2) is 18.2 Å². The van der Waals surface area contributed by atoms with Crippen LogP contribution >= 0.6 is 0 Å². The summed E-state index contributed by atoms with van der Waals surface area (Å²) in [5.74, 6) is -0.889. The minimum atomic E-state index is -2.77. The molecule has 3 rings (SSSR count). The van der Waals surface area contributed by atoms with E-state index < -0.39 is 36.3 Å². The lowest BCUT2D eigenvalue weighted by atomic mass is 9.79. The Bertz CT molecular complexity index is 802. The van der Waals surface area contributed by atoms with Crippen LogP contribution in [-0.4, -0.2) is 28.3 Å². The maximum Gasteiger partial charge on any atom is 0.494 e. The molecule has 0 bridgehead atoms. The number of hydrogen-bond donors (Lipinski definition) is 0. The zero-order chi connectivity index (χ0) is 19.1. The fourth-order valence-electron chi connectivity index (χ4n) is 2.35. The first-order chi connectivity index (χ1) is 12.1. The summed E-state index contributed by atoms with van der Waals surface area (Å²) in [5.41, 5.74) is -1.11. The summed E-state index contributed by atoms with van der Waals surface area (Å²) in [6.45, 7) is 7.59. The quantitative estimate of drug-likeness (QED) is 0.774. The molecule has 0 atom stereocenters. The molecule has 26 heavy (non-hydrogen) atoms. The van der Waals surface area contributed by atoms with Crippen LogP contribution in [0.15, 0.2) is 30.5 Å². The molecule has 138 valence electrons. The van der Waals surface area contributed by atoms with E-state index in [0.717, 1.165) is 12.3 Å². The van der Waals surface area contributed by atoms with E-state index in [4.69, 9.17) is 14.0 Å².